The number of aryl methyl sites for hydroxylation is 2. The number of rotatable bonds is 4. The molecule has 0 saturated heterocycles. The van der Waals surface area contributed by atoms with Gasteiger partial charge in [-0.1, -0.05) is 12.1 Å². The Balaban J connectivity index is 2.18. The first-order valence-electron chi connectivity index (χ1n) is 5.65. The largest absolute Gasteiger partial charge is 0.378 e. The number of nitro benzene ring substituents is 1. The Morgan fingerprint density at radius 3 is 2.84 bits per heavy atom. The molecule has 2 aromatic rings. The smallest absolute Gasteiger partial charge is 0.305 e. The minimum atomic E-state index is -0.804. The molecular weight excluding hydrogens is 251 g/mol. The molecular formula is C12H13FN4O2. The molecule has 1 aromatic heterocycles. The number of nitrogens with zero attached hydrogens (tertiary/aromatic N) is 3. The first-order valence-corrected chi connectivity index (χ1v) is 5.65. The molecule has 0 spiro atoms. The van der Waals surface area contributed by atoms with Gasteiger partial charge in [0.1, 0.15) is 0 Å². The van der Waals surface area contributed by atoms with Crippen LogP contribution in [-0.2, 0) is 13.6 Å². The van der Waals surface area contributed by atoms with Crippen molar-refractivity contribution in [3.05, 3.63) is 51.6 Å². The van der Waals surface area contributed by atoms with E-state index in [1.54, 1.807) is 17.9 Å². The molecule has 1 N–H and O–H groups in total. The maximum atomic E-state index is 13.8. The second-order valence-electron chi connectivity index (χ2n) is 4.16. The van der Waals surface area contributed by atoms with Crippen molar-refractivity contribution in [2.45, 2.75) is 13.5 Å². The lowest BCUT2D eigenvalue weighted by Crippen LogP contribution is -2.04. The number of aromatic nitrogens is 2. The van der Waals surface area contributed by atoms with Crippen molar-refractivity contribution in [3.8, 4) is 0 Å². The van der Waals surface area contributed by atoms with Crippen molar-refractivity contribution in [1.82, 2.24) is 9.78 Å². The molecule has 1 heterocycles. The predicted octanol–water partition coefficient (Wildman–Crippen LogP) is 2.39. The third kappa shape index (κ3) is 2.70. The lowest BCUT2D eigenvalue weighted by molar-refractivity contribution is -0.387. The Labute approximate surface area is 109 Å². The fourth-order valence-corrected chi connectivity index (χ4v) is 1.81. The Hall–Kier alpha value is -2.44. The van der Waals surface area contributed by atoms with Crippen molar-refractivity contribution in [2.75, 3.05) is 5.32 Å². The molecule has 0 aliphatic carbocycles. The van der Waals surface area contributed by atoms with E-state index in [2.05, 4.69) is 10.4 Å². The molecule has 0 radical (unpaired) electrons. The third-order valence-electron chi connectivity index (χ3n) is 2.74. The molecule has 0 unspecified atom stereocenters. The van der Waals surface area contributed by atoms with Gasteiger partial charge in [-0.25, -0.2) is 0 Å². The van der Waals surface area contributed by atoms with Crippen molar-refractivity contribution < 1.29 is 9.31 Å². The second-order valence-corrected chi connectivity index (χ2v) is 4.16. The molecule has 0 saturated carbocycles. The van der Waals surface area contributed by atoms with E-state index in [1.165, 1.54) is 12.1 Å². The van der Waals surface area contributed by atoms with Gasteiger partial charge in [0.2, 0.25) is 5.82 Å². The van der Waals surface area contributed by atoms with Gasteiger partial charge in [-0.2, -0.15) is 9.49 Å². The number of hydrogen-bond donors (Lipinski definition) is 1. The summed E-state index contributed by atoms with van der Waals surface area (Å²) in [6.07, 6.45) is 1.77. The highest BCUT2D eigenvalue weighted by Gasteiger charge is 2.17. The van der Waals surface area contributed by atoms with Crippen LogP contribution in [0.3, 0.4) is 0 Å². The number of hydrogen-bond acceptors (Lipinski definition) is 4. The molecule has 2 rings (SSSR count). The standard InChI is InChI=1S/C12H13FN4O2/c1-8-10(7-16(2)15-8)14-6-9-4-3-5-11(12(9)13)17(18)19/h3-5,7,14H,6H2,1-2H3. The van der Waals surface area contributed by atoms with Gasteiger partial charge in [-0.3, -0.25) is 14.8 Å². The lowest BCUT2D eigenvalue weighted by Gasteiger charge is -2.06. The SMILES string of the molecule is Cc1nn(C)cc1NCc1cccc([N+](=O)[O-])c1F. The molecule has 0 aliphatic heterocycles. The van der Waals surface area contributed by atoms with Crippen molar-refractivity contribution in [1.29, 1.82) is 0 Å². The van der Waals surface area contributed by atoms with E-state index >= 15 is 0 Å². The van der Waals surface area contributed by atoms with E-state index in [1.807, 2.05) is 6.92 Å². The van der Waals surface area contributed by atoms with Crippen LogP contribution in [0.1, 0.15) is 11.3 Å². The summed E-state index contributed by atoms with van der Waals surface area (Å²) in [4.78, 5) is 9.91. The van der Waals surface area contributed by atoms with Gasteiger partial charge >= 0.3 is 5.69 Å². The average Bonchev–Trinajstić information content (AvgIpc) is 2.66. The normalized spacial score (nSPS) is 10.5. The zero-order valence-corrected chi connectivity index (χ0v) is 10.6. The third-order valence-corrected chi connectivity index (χ3v) is 2.74. The minimum Gasteiger partial charge on any atom is -0.378 e. The van der Waals surface area contributed by atoms with Crippen LogP contribution in [0, 0.1) is 22.9 Å². The summed E-state index contributed by atoms with van der Waals surface area (Å²) in [5.74, 6) is -0.804. The highest BCUT2D eigenvalue weighted by molar-refractivity contribution is 5.47. The molecule has 0 amide bonds. The van der Waals surface area contributed by atoms with Crippen molar-refractivity contribution in [2.24, 2.45) is 7.05 Å². The maximum Gasteiger partial charge on any atom is 0.305 e. The van der Waals surface area contributed by atoms with Crippen LogP contribution in [0.4, 0.5) is 15.8 Å². The number of benzene rings is 1. The second kappa shape index (κ2) is 5.05. The van der Waals surface area contributed by atoms with Gasteiger partial charge in [0, 0.05) is 31.4 Å². The van der Waals surface area contributed by atoms with Crippen LogP contribution in [0.15, 0.2) is 24.4 Å². The fraction of sp³-hybridized carbons (Fsp3) is 0.250. The summed E-state index contributed by atoms with van der Waals surface area (Å²) < 4.78 is 15.5. The van der Waals surface area contributed by atoms with Gasteiger partial charge in [0.15, 0.2) is 0 Å². The molecule has 7 heteroatoms. The number of anilines is 1. The minimum absolute atomic E-state index is 0.167. The van der Waals surface area contributed by atoms with E-state index in [0.29, 0.717) is 0 Å². The summed E-state index contributed by atoms with van der Waals surface area (Å²) in [5.41, 5.74) is 1.29. The number of halogens is 1. The van der Waals surface area contributed by atoms with Crippen LogP contribution >= 0.6 is 0 Å². The monoisotopic (exact) mass is 264 g/mol. The topological polar surface area (TPSA) is 73.0 Å². The lowest BCUT2D eigenvalue weighted by atomic mass is 10.2. The van der Waals surface area contributed by atoms with Gasteiger partial charge in [-0.05, 0) is 6.92 Å². The highest BCUT2D eigenvalue weighted by Crippen LogP contribution is 2.21. The predicted molar refractivity (Wildman–Crippen MR) is 68.3 cm³/mol. The maximum absolute atomic E-state index is 13.8. The molecule has 0 bridgehead atoms. The molecule has 1 aromatic carbocycles. The van der Waals surface area contributed by atoms with E-state index in [-0.39, 0.29) is 12.1 Å². The van der Waals surface area contributed by atoms with Crippen LogP contribution in [0.25, 0.3) is 0 Å². The molecule has 100 valence electrons. The molecule has 0 atom stereocenters. The summed E-state index contributed by atoms with van der Waals surface area (Å²) in [7, 11) is 1.78. The quantitative estimate of drug-likeness (QED) is 0.679. The van der Waals surface area contributed by atoms with E-state index in [4.69, 9.17) is 0 Å². The van der Waals surface area contributed by atoms with Gasteiger partial charge in [-0.15, -0.1) is 0 Å². The summed E-state index contributed by atoms with van der Waals surface area (Å²) in [5, 5.41) is 17.8. The van der Waals surface area contributed by atoms with E-state index in [9.17, 15) is 14.5 Å². The summed E-state index contributed by atoms with van der Waals surface area (Å²) >= 11 is 0. The Kier molecular flexibility index (Phi) is 3.46. The highest BCUT2D eigenvalue weighted by atomic mass is 19.1. The zero-order chi connectivity index (χ0) is 14.0. The van der Waals surface area contributed by atoms with Gasteiger partial charge in [0.05, 0.1) is 16.3 Å². The molecule has 0 fully saturated rings. The Bertz CT molecular complexity index is 624. The van der Waals surface area contributed by atoms with Gasteiger partial charge in [0.25, 0.3) is 0 Å². The number of nitrogens with one attached hydrogen (secondary N) is 1. The number of nitro groups is 1. The van der Waals surface area contributed by atoms with Crippen molar-refractivity contribution >= 4 is 11.4 Å². The van der Waals surface area contributed by atoms with Gasteiger partial charge < -0.3 is 5.32 Å². The molecule has 19 heavy (non-hydrogen) atoms. The van der Waals surface area contributed by atoms with E-state index in [0.717, 1.165) is 17.4 Å². The molecule has 6 nitrogen and oxygen atoms in total. The summed E-state index contributed by atoms with van der Waals surface area (Å²) in [6, 6.07) is 4.13. The van der Waals surface area contributed by atoms with Crippen LogP contribution in [0.5, 0.6) is 0 Å². The Morgan fingerprint density at radius 2 is 2.26 bits per heavy atom. The molecule has 0 aliphatic rings. The van der Waals surface area contributed by atoms with Crippen molar-refractivity contribution in [3.63, 3.8) is 0 Å². The first kappa shape index (κ1) is 13.0. The fourth-order valence-electron chi connectivity index (χ4n) is 1.81. The first-order chi connectivity index (χ1) is 8.99. The van der Waals surface area contributed by atoms with Crippen LogP contribution in [0.2, 0.25) is 0 Å². The van der Waals surface area contributed by atoms with Crippen LogP contribution < -0.4 is 5.32 Å². The zero-order valence-electron chi connectivity index (χ0n) is 10.6. The average molecular weight is 264 g/mol. The summed E-state index contributed by atoms with van der Waals surface area (Å²) in [6.45, 7) is 1.99. The van der Waals surface area contributed by atoms with E-state index < -0.39 is 16.4 Å². The van der Waals surface area contributed by atoms with Crippen LogP contribution in [-0.4, -0.2) is 14.7 Å². The Morgan fingerprint density at radius 1 is 1.53 bits per heavy atom.